The number of hydrogen-bond acceptors (Lipinski definition) is 1. The molecule has 0 amide bonds. The van der Waals surface area contributed by atoms with Crippen molar-refractivity contribution in [2.75, 3.05) is 0 Å². The summed E-state index contributed by atoms with van der Waals surface area (Å²) < 4.78 is 14.3. The van der Waals surface area contributed by atoms with E-state index in [0.717, 1.165) is 14.8 Å². The van der Waals surface area contributed by atoms with Crippen LogP contribution >= 0.6 is 54.8 Å². The third-order valence-corrected chi connectivity index (χ3v) is 5.31. The predicted molar refractivity (Wildman–Crippen MR) is 74.2 cm³/mol. The molecule has 0 saturated carbocycles. The fourth-order valence-corrected chi connectivity index (χ4v) is 3.48. The minimum atomic E-state index is -0.257. The van der Waals surface area contributed by atoms with Crippen LogP contribution in [-0.4, -0.2) is 0 Å². The second-order valence-corrected chi connectivity index (χ2v) is 6.69. The molecule has 0 bridgehead atoms. The molecule has 1 unspecified atom stereocenters. The molecule has 0 aliphatic heterocycles. The van der Waals surface area contributed by atoms with E-state index in [-0.39, 0.29) is 10.6 Å². The van der Waals surface area contributed by atoms with Gasteiger partial charge >= 0.3 is 0 Å². The van der Waals surface area contributed by atoms with Gasteiger partial charge in [-0.25, -0.2) is 4.39 Å². The number of thiophene rings is 1. The molecule has 0 aliphatic rings. The lowest BCUT2D eigenvalue weighted by atomic mass is 10.1. The molecule has 0 radical (unpaired) electrons. The van der Waals surface area contributed by atoms with Crippen molar-refractivity contribution in [2.24, 2.45) is 0 Å². The van der Waals surface area contributed by atoms with E-state index in [0.29, 0.717) is 4.47 Å². The zero-order valence-electron chi connectivity index (χ0n) is 7.88. The first-order valence-electron chi connectivity index (χ1n) is 4.42. The Morgan fingerprint density at radius 3 is 2.56 bits per heavy atom. The van der Waals surface area contributed by atoms with Crippen LogP contribution in [0, 0.1) is 5.82 Å². The van der Waals surface area contributed by atoms with E-state index in [1.54, 1.807) is 12.1 Å². The van der Waals surface area contributed by atoms with Gasteiger partial charge < -0.3 is 0 Å². The SMILES string of the molecule is Fc1ccc(C(Br)c2ccc(Cl)s2)cc1Br. The van der Waals surface area contributed by atoms with E-state index in [1.165, 1.54) is 17.4 Å². The lowest BCUT2D eigenvalue weighted by Gasteiger charge is -2.08. The van der Waals surface area contributed by atoms with Crippen molar-refractivity contribution in [1.82, 2.24) is 0 Å². The quantitative estimate of drug-likeness (QED) is 0.575. The highest BCUT2D eigenvalue weighted by molar-refractivity contribution is 9.10. The molecule has 0 saturated heterocycles. The second kappa shape index (κ2) is 5.17. The average Bonchev–Trinajstić information content (AvgIpc) is 2.68. The Labute approximate surface area is 119 Å². The number of alkyl halides is 1. The molecule has 84 valence electrons. The summed E-state index contributed by atoms with van der Waals surface area (Å²) in [5, 5.41) is 0. The molecule has 0 N–H and O–H groups in total. The van der Waals surface area contributed by atoms with Crippen LogP contribution in [0.25, 0.3) is 0 Å². The summed E-state index contributed by atoms with van der Waals surface area (Å²) in [5.74, 6) is -0.257. The van der Waals surface area contributed by atoms with Crippen molar-refractivity contribution in [1.29, 1.82) is 0 Å². The maximum absolute atomic E-state index is 13.1. The highest BCUT2D eigenvalue weighted by atomic mass is 79.9. The Hall–Kier alpha value is 0.1000. The number of benzene rings is 1. The first kappa shape index (κ1) is 12.6. The molecule has 5 heteroatoms. The van der Waals surface area contributed by atoms with Crippen LogP contribution in [0.15, 0.2) is 34.8 Å². The van der Waals surface area contributed by atoms with Gasteiger partial charge in [0.1, 0.15) is 5.82 Å². The third kappa shape index (κ3) is 2.67. The monoisotopic (exact) mass is 382 g/mol. The lowest BCUT2D eigenvalue weighted by molar-refractivity contribution is 0.620. The van der Waals surface area contributed by atoms with Crippen LogP contribution < -0.4 is 0 Å². The van der Waals surface area contributed by atoms with Crippen LogP contribution in [0.2, 0.25) is 4.34 Å². The molecule has 0 nitrogen and oxygen atoms in total. The van der Waals surface area contributed by atoms with Crippen LogP contribution in [0.1, 0.15) is 15.3 Å². The van der Waals surface area contributed by atoms with Gasteiger partial charge in [-0.3, -0.25) is 0 Å². The average molecular weight is 384 g/mol. The largest absolute Gasteiger partial charge is 0.206 e. The Balaban J connectivity index is 2.33. The van der Waals surface area contributed by atoms with Crippen molar-refractivity contribution in [3.8, 4) is 0 Å². The molecule has 16 heavy (non-hydrogen) atoms. The number of hydrogen-bond donors (Lipinski definition) is 0. The summed E-state index contributed by atoms with van der Waals surface area (Å²) in [4.78, 5) is 1.14. The fraction of sp³-hybridized carbons (Fsp3) is 0.0909. The molecule has 0 aliphatic carbocycles. The van der Waals surface area contributed by atoms with Gasteiger partial charge in [-0.05, 0) is 45.8 Å². The van der Waals surface area contributed by atoms with Gasteiger partial charge in [0, 0.05) is 4.88 Å². The third-order valence-electron chi connectivity index (χ3n) is 2.08. The second-order valence-electron chi connectivity index (χ2n) is 3.18. The topological polar surface area (TPSA) is 0 Å². The standard InChI is InChI=1S/C11H6Br2ClFS/c12-7-5-6(1-2-8(7)15)11(13)9-3-4-10(14)16-9/h1-5,11H. The number of halogens is 4. The first-order valence-corrected chi connectivity index (χ1v) is 7.32. The maximum atomic E-state index is 13.1. The summed E-state index contributed by atoms with van der Waals surface area (Å²) in [6, 6.07) is 8.79. The summed E-state index contributed by atoms with van der Waals surface area (Å²) in [7, 11) is 0. The van der Waals surface area contributed by atoms with Gasteiger partial charge in [0.2, 0.25) is 0 Å². The van der Waals surface area contributed by atoms with Crippen molar-refractivity contribution >= 4 is 54.8 Å². The summed E-state index contributed by atoms with van der Waals surface area (Å²) in [6.07, 6.45) is 0. The van der Waals surface area contributed by atoms with E-state index < -0.39 is 0 Å². The Morgan fingerprint density at radius 1 is 1.25 bits per heavy atom. The van der Waals surface area contributed by atoms with E-state index in [2.05, 4.69) is 31.9 Å². The molecule has 1 heterocycles. The summed E-state index contributed by atoms with van der Waals surface area (Å²) in [5.41, 5.74) is 0.992. The summed E-state index contributed by atoms with van der Waals surface area (Å²) in [6.45, 7) is 0. The first-order chi connectivity index (χ1) is 7.58. The molecular weight excluding hydrogens is 378 g/mol. The van der Waals surface area contributed by atoms with E-state index in [9.17, 15) is 4.39 Å². The van der Waals surface area contributed by atoms with Gasteiger partial charge in [0.25, 0.3) is 0 Å². The van der Waals surface area contributed by atoms with E-state index in [4.69, 9.17) is 11.6 Å². The van der Waals surface area contributed by atoms with Crippen molar-refractivity contribution < 1.29 is 4.39 Å². The van der Waals surface area contributed by atoms with Crippen molar-refractivity contribution in [3.05, 3.63) is 55.4 Å². The number of rotatable bonds is 2. The summed E-state index contributed by atoms with van der Waals surface area (Å²) >= 11 is 14.1. The Morgan fingerprint density at radius 2 is 2.00 bits per heavy atom. The van der Waals surface area contributed by atoms with Crippen LogP contribution in [0.5, 0.6) is 0 Å². The minimum absolute atomic E-state index is 0.0434. The zero-order chi connectivity index (χ0) is 11.7. The zero-order valence-corrected chi connectivity index (χ0v) is 12.6. The predicted octanol–water partition coefficient (Wildman–Crippen LogP) is 5.79. The van der Waals surface area contributed by atoms with Gasteiger partial charge in [-0.15, -0.1) is 11.3 Å². The van der Waals surface area contributed by atoms with Crippen LogP contribution in [-0.2, 0) is 0 Å². The molecular formula is C11H6Br2ClFS. The van der Waals surface area contributed by atoms with Gasteiger partial charge in [0.05, 0.1) is 13.6 Å². The highest BCUT2D eigenvalue weighted by Crippen LogP contribution is 2.37. The van der Waals surface area contributed by atoms with Crippen molar-refractivity contribution in [3.63, 3.8) is 0 Å². The molecule has 1 aromatic carbocycles. The lowest BCUT2D eigenvalue weighted by Crippen LogP contribution is -1.90. The molecule has 0 spiro atoms. The Kier molecular flexibility index (Phi) is 4.06. The van der Waals surface area contributed by atoms with E-state index >= 15 is 0 Å². The van der Waals surface area contributed by atoms with Crippen molar-refractivity contribution in [2.45, 2.75) is 4.83 Å². The molecule has 0 fully saturated rings. The van der Waals surface area contributed by atoms with Crippen LogP contribution in [0.3, 0.4) is 0 Å². The smallest absolute Gasteiger partial charge is 0.137 e. The van der Waals surface area contributed by atoms with Gasteiger partial charge in [0.15, 0.2) is 0 Å². The molecule has 2 rings (SSSR count). The van der Waals surface area contributed by atoms with Gasteiger partial charge in [-0.1, -0.05) is 33.6 Å². The Bertz CT molecular complexity index is 512. The molecule has 1 atom stereocenters. The fourth-order valence-electron chi connectivity index (χ4n) is 1.30. The normalized spacial score (nSPS) is 12.8. The maximum Gasteiger partial charge on any atom is 0.137 e. The van der Waals surface area contributed by atoms with Gasteiger partial charge in [-0.2, -0.15) is 0 Å². The highest BCUT2D eigenvalue weighted by Gasteiger charge is 2.13. The molecule has 2 aromatic rings. The van der Waals surface area contributed by atoms with E-state index in [1.807, 2.05) is 12.1 Å². The molecule has 1 aromatic heterocycles. The minimum Gasteiger partial charge on any atom is -0.206 e. The van der Waals surface area contributed by atoms with Crippen LogP contribution in [0.4, 0.5) is 4.39 Å².